The first-order valence-corrected chi connectivity index (χ1v) is 14.4. The van der Waals surface area contributed by atoms with Crippen LogP contribution in [-0.4, -0.2) is 61.6 Å². The molecule has 1 aliphatic heterocycles. The second-order valence-corrected chi connectivity index (χ2v) is 12.1. The van der Waals surface area contributed by atoms with Crippen LogP contribution in [-0.2, 0) is 30.8 Å². The topological polar surface area (TPSA) is 107 Å². The van der Waals surface area contributed by atoms with E-state index in [1.807, 2.05) is 50.2 Å². The first-order valence-electron chi connectivity index (χ1n) is 12.1. The third-order valence-corrected chi connectivity index (χ3v) is 9.38. The normalized spacial score (nSPS) is 19.2. The van der Waals surface area contributed by atoms with E-state index in [1.54, 1.807) is 4.57 Å². The average Bonchev–Trinajstić information content (AvgIpc) is 3.25. The first kappa shape index (κ1) is 26.2. The molecule has 2 unspecified atom stereocenters. The Hall–Kier alpha value is -3.38. The highest BCUT2D eigenvalue weighted by atomic mass is 32.2. The number of fused-ring (bicyclic) bond motifs is 3. The molecule has 1 aliphatic rings. The fraction of sp³-hybridized carbons (Fsp3) is 0.296. The Bertz CT molecular complexity index is 1700. The van der Waals surface area contributed by atoms with Gasteiger partial charge in [0.15, 0.2) is 4.80 Å². The molecule has 11 heteroatoms. The zero-order valence-electron chi connectivity index (χ0n) is 21.2. The van der Waals surface area contributed by atoms with Crippen LogP contribution in [0.3, 0.4) is 0 Å². The fourth-order valence-corrected chi connectivity index (χ4v) is 7.38. The van der Waals surface area contributed by atoms with E-state index in [4.69, 9.17) is 9.47 Å². The van der Waals surface area contributed by atoms with Crippen molar-refractivity contribution in [3.8, 4) is 0 Å². The van der Waals surface area contributed by atoms with Crippen molar-refractivity contribution in [2.75, 3.05) is 20.2 Å². The molecule has 0 radical (unpaired) electrons. The third-order valence-electron chi connectivity index (χ3n) is 6.41. The number of sulfonamides is 1. The molecule has 9 nitrogen and oxygen atoms in total. The maximum absolute atomic E-state index is 13.1. The summed E-state index contributed by atoms with van der Waals surface area (Å²) in [5.74, 6) is -1.01. The first-order chi connectivity index (χ1) is 18.2. The van der Waals surface area contributed by atoms with Crippen LogP contribution in [0.4, 0.5) is 0 Å². The highest BCUT2D eigenvalue weighted by Crippen LogP contribution is 2.28. The van der Waals surface area contributed by atoms with Crippen LogP contribution in [0.2, 0.25) is 0 Å². The summed E-state index contributed by atoms with van der Waals surface area (Å²) in [7, 11) is -2.42. The van der Waals surface area contributed by atoms with Crippen LogP contribution in [0.5, 0.6) is 0 Å². The standard InChI is InChI=1S/C27H27N3O6S2/c1-17-14-29(15-18(2)36-17)38(33,34)21-11-8-20(9-12-21)26(32)28-27-30(16-24(31)35-3)23-13-10-19-6-4-5-7-22(19)25(23)37-27/h4-13,17-18H,14-16H2,1-3H3. The van der Waals surface area contributed by atoms with Crippen molar-refractivity contribution in [3.05, 3.63) is 71.0 Å². The van der Waals surface area contributed by atoms with Crippen molar-refractivity contribution in [1.29, 1.82) is 0 Å². The molecule has 3 aromatic carbocycles. The molecule has 2 heterocycles. The summed E-state index contributed by atoms with van der Waals surface area (Å²) < 4.78 is 40.8. The number of carbonyl (C=O) groups excluding carboxylic acids is 2. The predicted octanol–water partition coefficient (Wildman–Crippen LogP) is 3.57. The SMILES string of the molecule is COC(=O)Cn1c(=NC(=O)c2ccc(S(=O)(=O)N3CC(C)OC(C)C3)cc2)sc2c3ccccc3ccc21. The highest BCUT2D eigenvalue weighted by Gasteiger charge is 2.32. The number of benzene rings is 3. The minimum absolute atomic E-state index is 0.101. The summed E-state index contributed by atoms with van der Waals surface area (Å²) in [5, 5.41) is 2.02. The minimum atomic E-state index is -3.73. The fourth-order valence-electron chi connectivity index (χ4n) is 4.63. The summed E-state index contributed by atoms with van der Waals surface area (Å²) >= 11 is 1.31. The van der Waals surface area contributed by atoms with Crippen LogP contribution in [0.1, 0.15) is 24.2 Å². The number of carbonyl (C=O) groups is 2. The largest absolute Gasteiger partial charge is 0.468 e. The lowest BCUT2D eigenvalue weighted by molar-refractivity contribution is -0.141. The number of thiazole rings is 1. The highest BCUT2D eigenvalue weighted by molar-refractivity contribution is 7.89. The number of hydrogen-bond acceptors (Lipinski definition) is 7. The zero-order chi connectivity index (χ0) is 27.0. The molecule has 198 valence electrons. The van der Waals surface area contributed by atoms with Gasteiger partial charge in [-0.1, -0.05) is 41.7 Å². The molecule has 5 rings (SSSR count). The van der Waals surface area contributed by atoms with Gasteiger partial charge in [0, 0.05) is 24.0 Å². The molecule has 0 N–H and O–H groups in total. The lowest BCUT2D eigenvalue weighted by Gasteiger charge is -2.34. The number of ether oxygens (including phenoxy) is 2. The van der Waals surface area contributed by atoms with Crippen LogP contribution >= 0.6 is 11.3 Å². The van der Waals surface area contributed by atoms with Gasteiger partial charge in [-0.3, -0.25) is 9.59 Å². The zero-order valence-corrected chi connectivity index (χ0v) is 22.8. The van der Waals surface area contributed by atoms with Gasteiger partial charge in [-0.25, -0.2) is 8.42 Å². The van der Waals surface area contributed by atoms with Crippen molar-refractivity contribution in [1.82, 2.24) is 8.87 Å². The van der Waals surface area contributed by atoms with Gasteiger partial charge in [-0.2, -0.15) is 9.30 Å². The molecule has 0 aliphatic carbocycles. The average molecular weight is 554 g/mol. The molecule has 1 aromatic heterocycles. The summed E-state index contributed by atoms with van der Waals surface area (Å²) in [6.45, 7) is 4.11. The lowest BCUT2D eigenvalue weighted by atomic mass is 10.1. The van der Waals surface area contributed by atoms with Crippen molar-refractivity contribution in [2.45, 2.75) is 37.5 Å². The number of hydrogen-bond donors (Lipinski definition) is 0. The van der Waals surface area contributed by atoms with E-state index in [1.165, 1.54) is 47.0 Å². The van der Waals surface area contributed by atoms with E-state index in [9.17, 15) is 18.0 Å². The van der Waals surface area contributed by atoms with Gasteiger partial charge in [0.2, 0.25) is 10.0 Å². The summed E-state index contributed by atoms with van der Waals surface area (Å²) in [6, 6.07) is 17.5. The number of nitrogens with zero attached hydrogens (tertiary/aromatic N) is 3. The third kappa shape index (κ3) is 5.02. The van der Waals surface area contributed by atoms with Crippen LogP contribution < -0.4 is 4.80 Å². The molecule has 0 saturated carbocycles. The Morgan fingerprint density at radius 2 is 1.71 bits per heavy atom. The molecule has 0 spiro atoms. The molecule has 2 atom stereocenters. The molecule has 1 saturated heterocycles. The van der Waals surface area contributed by atoms with Crippen molar-refractivity contribution >= 4 is 54.2 Å². The summed E-state index contributed by atoms with van der Waals surface area (Å²) in [5.41, 5.74) is 1.00. The number of rotatable bonds is 5. The quantitative estimate of drug-likeness (QED) is 0.350. The summed E-state index contributed by atoms with van der Waals surface area (Å²) in [6.07, 6.45) is -0.411. The van der Waals surface area contributed by atoms with E-state index in [2.05, 4.69) is 4.99 Å². The van der Waals surface area contributed by atoms with Gasteiger partial charge in [-0.05, 0) is 49.6 Å². The van der Waals surface area contributed by atoms with Crippen molar-refractivity contribution in [3.63, 3.8) is 0 Å². The van der Waals surface area contributed by atoms with Crippen molar-refractivity contribution < 1.29 is 27.5 Å². The van der Waals surface area contributed by atoms with Crippen LogP contribution in [0.15, 0.2) is 70.6 Å². The Balaban J connectivity index is 1.51. The molecular formula is C27H27N3O6S2. The molecule has 38 heavy (non-hydrogen) atoms. The lowest BCUT2D eigenvalue weighted by Crippen LogP contribution is -2.48. The van der Waals surface area contributed by atoms with Gasteiger partial charge in [-0.15, -0.1) is 0 Å². The second kappa shape index (κ2) is 10.4. The molecule has 4 aromatic rings. The number of esters is 1. The van der Waals surface area contributed by atoms with Crippen LogP contribution in [0, 0.1) is 0 Å². The number of morpholine rings is 1. The Kier molecular flexibility index (Phi) is 7.19. The van der Waals surface area contributed by atoms with Gasteiger partial charge in [0.05, 0.1) is 34.4 Å². The predicted molar refractivity (Wildman–Crippen MR) is 144 cm³/mol. The molecular weight excluding hydrogens is 526 g/mol. The molecule has 1 fully saturated rings. The van der Waals surface area contributed by atoms with Gasteiger partial charge in [0.25, 0.3) is 5.91 Å². The Morgan fingerprint density at radius 3 is 2.39 bits per heavy atom. The van der Waals surface area contributed by atoms with Gasteiger partial charge >= 0.3 is 5.97 Å². The number of aromatic nitrogens is 1. The van der Waals surface area contributed by atoms with Crippen molar-refractivity contribution in [2.24, 2.45) is 4.99 Å². The van der Waals surface area contributed by atoms with E-state index in [0.29, 0.717) is 4.80 Å². The van der Waals surface area contributed by atoms with E-state index < -0.39 is 21.9 Å². The second-order valence-electron chi connectivity index (χ2n) is 9.20. The van der Waals surface area contributed by atoms with Gasteiger partial charge < -0.3 is 14.0 Å². The van der Waals surface area contributed by atoms with E-state index >= 15 is 0 Å². The van der Waals surface area contributed by atoms with Gasteiger partial charge in [0.1, 0.15) is 6.54 Å². The van der Waals surface area contributed by atoms with E-state index in [-0.39, 0.29) is 42.3 Å². The number of methoxy groups -OCH3 is 1. The minimum Gasteiger partial charge on any atom is -0.468 e. The molecule has 0 bridgehead atoms. The molecule has 1 amide bonds. The monoisotopic (exact) mass is 553 g/mol. The van der Waals surface area contributed by atoms with Crippen LogP contribution in [0.25, 0.3) is 21.0 Å². The maximum Gasteiger partial charge on any atom is 0.325 e. The Morgan fingerprint density at radius 1 is 1.03 bits per heavy atom. The summed E-state index contributed by atoms with van der Waals surface area (Å²) in [4.78, 5) is 30.1. The smallest absolute Gasteiger partial charge is 0.325 e. The van der Waals surface area contributed by atoms with E-state index in [0.717, 1.165) is 21.0 Å². The maximum atomic E-state index is 13.1. The number of amides is 1. The Labute approximate surface area is 224 Å².